The third kappa shape index (κ3) is 6.15. The first-order valence-corrected chi connectivity index (χ1v) is 18.3. The molecule has 3 aromatic heterocycles. The lowest BCUT2D eigenvalue weighted by molar-refractivity contribution is 0.157. The van der Waals surface area contributed by atoms with Crippen molar-refractivity contribution in [2.75, 3.05) is 68.6 Å². The van der Waals surface area contributed by atoms with Gasteiger partial charge in [-0.1, -0.05) is 0 Å². The van der Waals surface area contributed by atoms with E-state index < -0.39 is 0 Å². The summed E-state index contributed by atoms with van der Waals surface area (Å²) in [5.41, 5.74) is 6.36. The molecule has 264 valence electrons. The molecule has 2 N–H and O–H groups in total. The molecule has 1 aromatic carbocycles. The summed E-state index contributed by atoms with van der Waals surface area (Å²) in [7, 11) is 3.54. The summed E-state index contributed by atoms with van der Waals surface area (Å²) in [5.74, 6) is 2.99. The number of hydrogen-bond acceptors (Lipinski definition) is 10. The number of nitrogens with one attached hydrogen (secondary N) is 2. The molecule has 4 unspecified atom stereocenters. The number of pyridine rings is 3. The topological polar surface area (TPSA) is 100 Å². The van der Waals surface area contributed by atoms with Crippen LogP contribution >= 0.6 is 0 Å². The fourth-order valence-corrected chi connectivity index (χ4v) is 8.80. The van der Waals surface area contributed by atoms with Gasteiger partial charge in [0, 0.05) is 82.4 Å². The van der Waals surface area contributed by atoms with E-state index in [2.05, 4.69) is 72.0 Å². The number of methoxy groups -OCH3 is 1. The first-order valence-electron chi connectivity index (χ1n) is 18.3. The van der Waals surface area contributed by atoms with Gasteiger partial charge in [-0.3, -0.25) is 9.69 Å². The van der Waals surface area contributed by atoms with E-state index in [0.717, 1.165) is 96.1 Å². The van der Waals surface area contributed by atoms with Crippen molar-refractivity contribution in [2.24, 2.45) is 5.92 Å². The molecule has 0 radical (unpaired) electrons. The molecule has 8 rings (SSSR count). The van der Waals surface area contributed by atoms with Gasteiger partial charge in [-0.2, -0.15) is 0 Å². The summed E-state index contributed by atoms with van der Waals surface area (Å²) in [4.78, 5) is 31.0. The highest BCUT2D eigenvalue weighted by Gasteiger charge is 2.38. The Morgan fingerprint density at radius 2 is 1.98 bits per heavy atom. The SMILES string of the molecule is CNc1ccc(N2CCCC(N(Cc3ccnc(OC)c3)Cc3cn4c5c(c(N6CC7CCCNC7C6)c(C)cc5c3=O)OCC4C)C2)cn1. The number of piperidine rings is 2. The number of fused-ring (bicyclic) bond motifs is 1. The third-order valence-electron chi connectivity index (χ3n) is 11.4. The van der Waals surface area contributed by atoms with Crippen LogP contribution in [0.1, 0.15) is 55.3 Å². The Morgan fingerprint density at radius 3 is 2.78 bits per heavy atom. The van der Waals surface area contributed by atoms with Crippen LogP contribution in [0.3, 0.4) is 0 Å². The minimum Gasteiger partial charge on any atom is -0.487 e. The molecule has 3 fully saturated rings. The van der Waals surface area contributed by atoms with E-state index in [1.165, 1.54) is 12.8 Å². The Morgan fingerprint density at radius 1 is 1.08 bits per heavy atom. The molecule has 0 aliphatic carbocycles. The Hall–Kier alpha value is -4.35. The number of hydrogen-bond donors (Lipinski definition) is 2. The number of anilines is 3. The number of nitrogens with zero attached hydrogens (tertiary/aromatic N) is 6. The maximum atomic E-state index is 14.6. The quantitative estimate of drug-likeness (QED) is 0.253. The number of aryl methyl sites for hydroxylation is 1. The van der Waals surface area contributed by atoms with Crippen LogP contribution in [-0.4, -0.2) is 85.0 Å². The first-order chi connectivity index (χ1) is 24.4. The van der Waals surface area contributed by atoms with Crippen LogP contribution in [0.5, 0.6) is 11.6 Å². The number of rotatable bonds is 9. The van der Waals surface area contributed by atoms with Crippen molar-refractivity contribution >= 4 is 28.1 Å². The number of aromatic nitrogens is 3. The van der Waals surface area contributed by atoms with Crippen molar-refractivity contribution in [1.29, 1.82) is 0 Å². The summed E-state index contributed by atoms with van der Waals surface area (Å²) in [6.45, 7) is 11.1. The molecular weight excluding hydrogens is 628 g/mol. The Bertz CT molecular complexity index is 1900. The molecule has 4 aromatic rings. The van der Waals surface area contributed by atoms with Crippen LogP contribution in [0.25, 0.3) is 10.9 Å². The largest absolute Gasteiger partial charge is 0.487 e. The van der Waals surface area contributed by atoms with Crippen molar-refractivity contribution in [1.82, 2.24) is 24.8 Å². The van der Waals surface area contributed by atoms with E-state index in [1.54, 1.807) is 13.3 Å². The molecule has 3 saturated heterocycles. The summed E-state index contributed by atoms with van der Waals surface area (Å²) in [6.07, 6.45) is 10.5. The van der Waals surface area contributed by atoms with Crippen LogP contribution in [-0.2, 0) is 13.1 Å². The highest BCUT2D eigenvalue weighted by atomic mass is 16.5. The van der Waals surface area contributed by atoms with Gasteiger partial charge >= 0.3 is 0 Å². The zero-order chi connectivity index (χ0) is 34.4. The van der Waals surface area contributed by atoms with E-state index in [9.17, 15) is 4.79 Å². The molecule has 4 atom stereocenters. The molecule has 0 amide bonds. The normalized spacial score (nSPS) is 23.2. The van der Waals surface area contributed by atoms with Gasteiger partial charge in [0.25, 0.3) is 0 Å². The second-order valence-electron chi connectivity index (χ2n) is 14.7. The van der Waals surface area contributed by atoms with Crippen LogP contribution < -0.4 is 35.3 Å². The number of ether oxygens (including phenoxy) is 2. The third-order valence-corrected chi connectivity index (χ3v) is 11.4. The molecule has 11 heteroatoms. The van der Waals surface area contributed by atoms with Crippen LogP contribution in [0.15, 0.2) is 53.7 Å². The van der Waals surface area contributed by atoms with Crippen molar-refractivity contribution in [3.63, 3.8) is 0 Å². The molecule has 0 spiro atoms. The van der Waals surface area contributed by atoms with Gasteiger partial charge in [-0.15, -0.1) is 0 Å². The van der Waals surface area contributed by atoms with Gasteiger partial charge in [0.15, 0.2) is 11.2 Å². The predicted molar refractivity (Wildman–Crippen MR) is 199 cm³/mol. The van der Waals surface area contributed by atoms with E-state index in [-0.39, 0.29) is 17.5 Å². The predicted octanol–water partition coefficient (Wildman–Crippen LogP) is 4.96. The van der Waals surface area contributed by atoms with Crippen molar-refractivity contribution in [2.45, 2.75) is 70.7 Å². The van der Waals surface area contributed by atoms with E-state index >= 15 is 0 Å². The van der Waals surface area contributed by atoms with E-state index in [0.29, 0.717) is 37.5 Å². The van der Waals surface area contributed by atoms with Gasteiger partial charge in [0.05, 0.1) is 41.6 Å². The monoisotopic (exact) mass is 678 g/mol. The molecular formula is C39H50N8O3. The van der Waals surface area contributed by atoms with E-state index in [1.807, 2.05) is 31.4 Å². The van der Waals surface area contributed by atoms with Gasteiger partial charge in [0.2, 0.25) is 5.88 Å². The Labute approximate surface area is 294 Å². The Kier molecular flexibility index (Phi) is 9.03. The second kappa shape index (κ2) is 13.8. The van der Waals surface area contributed by atoms with Gasteiger partial charge in [0.1, 0.15) is 12.4 Å². The van der Waals surface area contributed by atoms with Crippen LogP contribution in [0, 0.1) is 12.8 Å². The van der Waals surface area contributed by atoms with Crippen LogP contribution in [0.2, 0.25) is 0 Å². The van der Waals surface area contributed by atoms with Crippen molar-refractivity contribution < 1.29 is 9.47 Å². The fraction of sp³-hybridized carbons (Fsp3) is 0.513. The summed E-state index contributed by atoms with van der Waals surface area (Å²) >= 11 is 0. The average molecular weight is 679 g/mol. The lowest BCUT2D eigenvalue weighted by Crippen LogP contribution is -2.48. The molecule has 7 heterocycles. The highest BCUT2D eigenvalue weighted by Crippen LogP contribution is 2.44. The van der Waals surface area contributed by atoms with Gasteiger partial charge in [-0.25, -0.2) is 9.97 Å². The van der Waals surface area contributed by atoms with Gasteiger partial charge in [-0.05, 0) is 87.4 Å². The zero-order valence-electron chi connectivity index (χ0n) is 29.8. The first kappa shape index (κ1) is 32.8. The minimum absolute atomic E-state index is 0.0958. The molecule has 0 saturated carbocycles. The summed E-state index contributed by atoms with van der Waals surface area (Å²) < 4.78 is 14.4. The van der Waals surface area contributed by atoms with Crippen molar-refractivity contribution in [3.8, 4) is 11.6 Å². The molecule has 4 aliphatic rings. The molecule has 0 bridgehead atoms. The van der Waals surface area contributed by atoms with Gasteiger partial charge < -0.3 is 34.5 Å². The fourth-order valence-electron chi connectivity index (χ4n) is 8.80. The van der Waals surface area contributed by atoms with E-state index in [4.69, 9.17) is 9.47 Å². The average Bonchev–Trinajstić information content (AvgIpc) is 3.58. The van der Waals surface area contributed by atoms with Crippen LogP contribution in [0.4, 0.5) is 17.2 Å². The smallest absolute Gasteiger partial charge is 0.213 e. The lowest BCUT2D eigenvalue weighted by atomic mass is 9.94. The maximum absolute atomic E-state index is 14.6. The highest BCUT2D eigenvalue weighted by molar-refractivity contribution is 5.93. The zero-order valence-corrected chi connectivity index (χ0v) is 29.8. The standard InChI is InChI=1S/C39H50N8O3/c1-25-15-32-37-39(36(25)46-19-28-7-5-12-41-33(28)23-46)50-24-26(2)47(37)21-29(38(32)48)20-45(18-27-11-13-42-35(16-27)49-4)31-8-6-14-44(22-31)30-9-10-34(40-3)43-17-30/h9-11,13,15-17,21,26,28,31,33,41H,5-8,12,14,18-20,22-24H2,1-4H3,(H,40,43). The molecule has 4 aliphatic heterocycles. The second-order valence-corrected chi connectivity index (χ2v) is 14.7. The number of benzene rings is 1. The Balaban J connectivity index is 1.16. The lowest BCUT2D eigenvalue weighted by Gasteiger charge is -2.40. The van der Waals surface area contributed by atoms with Crippen molar-refractivity contribution in [3.05, 3.63) is 75.8 Å². The molecule has 11 nitrogen and oxygen atoms in total. The minimum atomic E-state index is 0.0958. The summed E-state index contributed by atoms with van der Waals surface area (Å²) in [5, 5.41) is 7.62. The molecule has 50 heavy (non-hydrogen) atoms. The summed E-state index contributed by atoms with van der Waals surface area (Å²) in [6, 6.07) is 11.2. The maximum Gasteiger partial charge on any atom is 0.213 e.